The van der Waals surface area contributed by atoms with Crippen molar-refractivity contribution in [2.75, 3.05) is 6.61 Å². The van der Waals surface area contributed by atoms with Gasteiger partial charge in [0.2, 0.25) is 6.04 Å². The van der Waals surface area contributed by atoms with Crippen molar-refractivity contribution in [2.24, 2.45) is 0 Å². The Balaban J connectivity index is 2.68. The quantitative estimate of drug-likeness (QED) is 0.681. The fourth-order valence-electron chi connectivity index (χ4n) is 1.26. The van der Waals surface area contributed by atoms with Crippen molar-refractivity contribution in [3.8, 4) is 0 Å². The van der Waals surface area contributed by atoms with Crippen LogP contribution in [0, 0.1) is 0 Å². The number of hydrogen-bond donors (Lipinski definition) is 2. The second kappa shape index (κ2) is 5.48. The standard InChI is InChI=1S/C11H15NO3/c1-2-15-11(14)9(12)10(13)8-6-4-3-5-7-8/h3-7,9-10,13H,2,12H2,1H3/p+1/t9-,10-/m0/s1. The van der Waals surface area contributed by atoms with Crippen molar-refractivity contribution in [1.82, 2.24) is 0 Å². The number of benzene rings is 1. The van der Waals surface area contributed by atoms with E-state index in [4.69, 9.17) is 4.74 Å². The topological polar surface area (TPSA) is 74.2 Å². The van der Waals surface area contributed by atoms with E-state index >= 15 is 0 Å². The Morgan fingerprint density at radius 2 is 2.07 bits per heavy atom. The number of quaternary nitrogens is 1. The molecule has 1 rings (SSSR count). The van der Waals surface area contributed by atoms with E-state index in [0.717, 1.165) is 0 Å². The maximum Gasteiger partial charge on any atom is 0.367 e. The molecule has 0 heterocycles. The number of aliphatic hydroxyl groups is 1. The van der Waals surface area contributed by atoms with Crippen LogP contribution in [0.25, 0.3) is 0 Å². The van der Waals surface area contributed by atoms with Gasteiger partial charge in [0.15, 0.2) is 0 Å². The minimum absolute atomic E-state index is 0.298. The lowest BCUT2D eigenvalue weighted by molar-refractivity contribution is -0.426. The summed E-state index contributed by atoms with van der Waals surface area (Å²) in [5.74, 6) is -0.478. The van der Waals surface area contributed by atoms with Gasteiger partial charge >= 0.3 is 5.97 Å². The number of carbonyl (C=O) groups excluding carboxylic acids is 1. The van der Waals surface area contributed by atoms with Crippen molar-refractivity contribution in [3.63, 3.8) is 0 Å². The van der Waals surface area contributed by atoms with Crippen LogP contribution in [-0.4, -0.2) is 23.7 Å². The third-order valence-electron chi connectivity index (χ3n) is 2.11. The van der Waals surface area contributed by atoms with Crippen LogP contribution < -0.4 is 5.73 Å². The summed E-state index contributed by atoms with van der Waals surface area (Å²) in [4.78, 5) is 11.3. The van der Waals surface area contributed by atoms with Gasteiger partial charge in [-0.1, -0.05) is 30.3 Å². The SMILES string of the molecule is CCOC(=O)[C@@H]([NH3+])[C@@H](O)c1ccccc1. The van der Waals surface area contributed by atoms with Gasteiger partial charge in [-0.05, 0) is 12.5 Å². The Morgan fingerprint density at radius 1 is 1.47 bits per heavy atom. The zero-order valence-electron chi connectivity index (χ0n) is 8.72. The van der Waals surface area contributed by atoms with Gasteiger partial charge in [-0.3, -0.25) is 0 Å². The first kappa shape index (κ1) is 11.7. The number of carbonyl (C=O) groups is 1. The molecule has 0 unspecified atom stereocenters. The molecule has 0 radical (unpaired) electrons. The fraction of sp³-hybridized carbons (Fsp3) is 0.364. The van der Waals surface area contributed by atoms with Gasteiger partial charge in [-0.2, -0.15) is 0 Å². The van der Waals surface area contributed by atoms with Gasteiger partial charge in [-0.15, -0.1) is 0 Å². The van der Waals surface area contributed by atoms with Crippen LogP contribution >= 0.6 is 0 Å². The molecule has 15 heavy (non-hydrogen) atoms. The average Bonchev–Trinajstić information content (AvgIpc) is 2.28. The summed E-state index contributed by atoms with van der Waals surface area (Å²) in [6.45, 7) is 2.02. The van der Waals surface area contributed by atoms with E-state index in [1.807, 2.05) is 6.07 Å². The average molecular weight is 210 g/mol. The molecule has 0 aliphatic rings. The van der Waals surface area contributed by atoms with Crippen LogP contribution in [-0.2, 0) is 9.53 Å². The summed E-state index contributed by atoms with van der Waals surface area (Å²) in [5, 5.41) is 9.82. The smallest absolute Gasteiger partial charge is 0.367 e. The molecular formula is C11H16NO3+. The van der Waals surface area contributed by atoms with Crippen molar-refractivity contribution in [3.05, 3.63) is 35.9 Å². The number of hydrogen-bond acceptors (Lipinski definition) is 3. The largest absolute Gasteiger partial charge is 0.462 e. The van der Waals surface area contributed by atoms with Gasteiger partial charge < -0.3 is 15.6 Å². The zero-order valence-corrected chi connectivity index (χ0v) is 8.72. The van der Waals surface area contributed by atoms with E-state index in [0.29, 0.717) is 12.2 Å². The summed E-state index contributed by atoms with van der Waals surface area (Å²) in [6, 6.07) is 8.17. The first-order chi connectivity index (χ1) is 7.16. The highest BCUT2D eigenvalue weighted by molar-refractivity contribution is 5.74. The lowest BCUT2D eigenvalue weighted by atomic mass is 10.0. The molecule has 0 aliphatic carbocycles. The van der Waals surface area contributed by atoms with E-state index in [-0.39, 0.29) is 0 Å². The second-order valence-corrected chi connectivity index (χ2v) is 3.21. The molecule has 4 N–H and O–H groups in total. The Bertz CT molecular complexity index is 313. The van der Waals surface area contributed by atoms with Crippen LogP contribution in [0.5, 0.6) is 0 Å². The highest BCUT2D eigenvalue weighted by Gasteiger charge is 2.28. The molecule has 0 amide bonds. The third-order valence-corrected chi connectivity index (χ3v) is 2.11. The Hall–Kier alpha value is -1.39. The Morgan fingerprint density at radius 3 is 2.60 bits per heavy atom. The van der Waals surface area contributed by atoms with Crippen LogP contribution in [0.1, 0.15) is 18.6 Å². The van der Waals surface area contributed by atoms with Gasteiger partial charge in [-0.25, -0.2) is 4.79 Å². The predicted octanol–water partition coefficient (Wildman–Crippen LogP) is -0.106. The number of esters is 1. The van der Waals surface area contributed by atoms with Crippen molar-refractivity contribution >= 4 is 5.97 Å². The summed E-state index contributed by atoms with van der Waals surface area (Å²) >= 11 is 0. The molecule has 2 atom stereocenters. The monoisotopic (exact) mass is 210 g/mol. The molecule has 0 fully saturated rings. The van der Waals surface area contributed by atoms with Gasteiger partial charge in [0.25, 0.3) is 0 Å². The lowest BCUT2D eigenvalue weighted by Crippen LogP contribution is -2.68. The fourth-order valence-corrected chi connectivity index (χ4v) is 1.26. The van der Waals surface area contributed by atoms with E-state index < -0.39 is 18.1 Å². The van der Waals surface area contributed by atoms with Crippen molar-refractivity contribution in [1.29, 1.82) is 0 Å². The number of rotatable bonds is 4. The molecule has 0 bridgehead atoms. The summed E-state index contributed by atoms with van der Waals surface area (Å²) < 4.78 is 4.78. The first-order valence-corrected chi connectivity index (χ1v) is 4.89. The lowest BCUT2D eigenvalue weighted by Gasteiger charge is -2.14. The summed E-state index contributed by atoms with van der Waals surface area (Å²) in [7, 11) is 0. The maximum atomic E-state index is 11.3. The second-order valence-electron chi connectivity index (χ2n) is 3.21. The normalized spacial score (nSPS) is 14.3. The highest BCUT2D eigenvalue weighted by atomic mass is 16.5. The molecule has 4 nitrogen and oxygen atoms in total. The van der Waals surface area contributed by atoms with Crippen molar-refractivity contribution < 1.29 is 20.4 Å². The van der Waals surface area contributed by atoms with Crippen molar-refractivity contribution in [2.45, 2.75) is 19.1 Å². The molecule has 4 heteroatoms. The highest BCUT2D eigenvalue weighted by Crippen LogP contribution is 2.14. The number of aliphatic hydroxyl groups excluding tert-OH is 1. The maximum absolute atomic E-state index is 11.3. The third kappa shape index (κ3) is 3.04. The molecule has 0 aromatic heterocycles. The Kier molecular flexibility index (Phi) is 4.27. The van der Waals surface area contributed by atoms with Crippen LogP contribution in [0.3, 0.4) is 0 Å². The zero-order chi connectivity index (χ0) is 11.3. The van der Waals surface area contributed by atoms with E-state index in [1.54, 1.807) is 31.2 Å². The van der Waals surface area contributed by atoms with E-state index in [9.17, 15) is 9.90 Å². The van der Waals surface area contributed by atoms with Gasteiger partial charge in [0, 0.05) is 0 Å². The molecule has 0 spiro atoms. The van der Waals surface area contributed by atoms with E-state index in [1.165, 1.54) is 0 Å². The van der Waals surface area contributed by atoms with Crippen LogP contribution in [0.15, 0.2) is 30.3 Å². The molecule has 0 saturated heterocycles. The molecule has 1 aromatic carbocycles. The van der Waals surface area contributed by atoms with E-state index in [2.05, 4.69) is 5.73 Å². The molecular weight excluding hydrogens is 194 g/mol. The predicted molar refractivity (Wildman–Crippen MR) is 54.7 cm³/mol. The Labute approximate surface area is 88.7 Å². The van der Waals surface area contributed by atoms with Gasteiger partial charge in [0.05, 0.1) is 6.61 Å². The van der Waals surface area contributed by atoms with Gasteiger partial charge in [0.1, 0.15) is 6.10 Å². The molecule has 0 saturated carbocycles. The number of ether oxygens (including phenoxy) is 1. The van der Waals surface area contributed by atoms with Crippen LogP contribution in [0.4, 0.5) is 0 Å². The summed E-state index contributed by atoms with van der Waals surface area (Å²) in [5.41, 5.74) is 4.28. The van der Waals surface area contributed by atoms with Crippen LogP contribution in [0.2, 0.25) is 0 Å². The molecule has 0 aliphatic heterocycles. The molecule has 82 valence electrons. The minimum Gasteiger partial charge on any atom is -0.462 e. The first-order valence-electron chi connectivity index (χ1n) is 4.89. The minimum atomic E-state index is -0.912. The molecule has 1 aromatic rings. The summed E-state index contributed by atoms with van der Waals surface area (Å²) in [6.07, 6.45) is -0.912.